The number of carboxylic acid groups (broad SMARTS) is 2. The van der Waals surface area contributed by atoms with Crippen molar-refractivity contribution < 1.29 is 63.0 Å². The molecule has 0 radical (unpaired) electrons. The number of carboxylic acids is 2. The van der Waals surface area contributed by atoms with Crippen LogP contribution in [0.1, 0.15) is 81.5 Å². The van der Waals surface area contributed by atoms with E-state index >= 15 is 0 Å². The van der Waals surface area contributed by atoms with Crippen LogP contribution in [-0.4, -0.2) is 133 Å². The van der Waals surface area contributed by atoms with Gasteiger partial charge in [0.15, 0.2) is 23.5 Å². The number of nitrogens with two attached hydrogens (primary N) is 5. The summed E-state index contributed by atoms with van der Waals surface area (Å²) in [5.41, 5.74) is 30.0. The van der Waals surface area contributed by atoms with Crippen molar-refractivity contribution in [2.45, 2.75) is 88.6 Å². The van der Waals surface area contributed by atoms with E-state index in [1.165, 1.54) is 9.80 Å². The van der Waals surface area contributed by atoms with Crippen LogP contribution < -0.4 is 34.0 Å². The molecule has 0 bridgehead atoms. The first-order chi connectivity index (χ1) is 36.2. The van der Waals surface area contributed by atoms with Gasteiger partial charge in [-0.05, 0) is 22.3 Å². The van der Waals surface area contributed by atoms with Crippen molar-refractivity contribution in [3.05, 3.63) is 143 Å². The Morgan fingerprint density at radius 1 is 0.566 bits per heavy atom. The van der Waals surface area contributed by atoms with Crippen LogP contribution in [0.25, 0.3) is 0 Å². The average molecular weight is 1050 g/mol. The van der Waals surface area contributed by atoms with Gasteiger partial charge in [-0.1, -0.05) is 109 Å². The Balaban J connectivity index is 0.000000239. The monoisotopic (exact) mass is 1050 g/mol. The number of rotatable bonds is 18. The zero-order valence-electron chi connectivity index (χ0n) is 41.2. The number of Topliss-reactive ketones (excluding diaryl/α,β-unsaturated/α-hetero) is 2. The number of ketones is 2. The molecule has 0 aromatic heterocycles. The van der Waals surface area contributed by atoms with E-state index in [-0.39, 0.29) is 113 Å². The molecule has 0 spiro atoms. The van der Waals surface area contributed by atoms with E-state index in [0.29, 0.717) is 16.2 Å². The summed E-state index contributed by atoms with van der Waals surface area (Å²) in [6.07, 6.45) is 0.257. The highest BCUT2D eigenvalue weighted by Crippen LogP contribution is 2.27. The van der Waals surface area contributed by atoms with Crippen LogP contribution in [0.5, 0.6) is 0 Å². The average Bonchev–Trinajstić information content (AvgIpc) is 3.73. The number of fused-ring (bicyclic) bond motifs is 2. The summed E-state index contributed by atoms with van der Waals surface area (Å²) in [6, 6.07) is 27.9. The zero-order valence-corrected chi connectivity index (χ0v) is 41.2. The number of imide groups is 1. The number of hydroxylamine groups is 2. The van der Waals surface area contributed by atoms with Crippen molar-refractivity contribution in [1.29, 1.82) is 0 Å². The van der Waals surface area contributed by atoms with Crippen molar-refractivity contribution in [2.24, 2.45) is 38.7 Å². The van der Waals surface area contributed by atoms with Crippen molar-refractivity contribution in [2.75, 3.05) is 13.1 Å². The summed E-state index contributed by atoms with van der Waals surface area (Å²) in [5, 5.41) is 20.6. The molecule has 4 aromatic rings. The summed E-state index contributed by atoms with van der Waals surface area (Å²) < 4.78 is 0. The summed E-state index contributed by atoms with van der Waals surface area (Å²) >= 11 is 0. The Morgan fingerprint density at radius 2 is 0.974 bits per heavy atom. The molecular formula is C52H59N11O13. The van der Waals surface area contributed by atoms with Gasteiger partial charge in [-0.3, -0.25) is 48.3 Å². The predicted octanol–water partition coefficient (Wildman–Crippen LogP) is 0.328. The third-order valence-corrected chi connectivity index (χ3v) is 12.1. The number of carbonyl (C=O) groups is 10. The SMILES string of the molecule is NC(N)=NC[C@H](N)C(=O)O.NC(N)=NC[C@H](NC(=O)C1Cc2ccccc2CN1C(=O)CCC(=O)c1ccccc1)C(=O)O.O=C(CCC(=O)N1Cc2ccccc2CC1C(=O)ON1C(=O)CCC1=O)c1ccccc1. The fraction of sp³-hybridized carbons (Fsp3) is 0.308. The fourth-order valence-corrected chi connectivity index (χ4v) is 8.02. The molecule has 2 unspecified atom stereocenters. The van der Waals surface area contributed by atoms with Gasteiger partial charge in [-0.15, -0.1) is 5.06 Å². The number of amides is 5. The molecule has 400 valence electrons. The lowest BCUT2D eigenvalue weighted by atomic mass is 9.92. The summed E-state index contributed by atoms with van der Waals surface area (Å²) in [7, 11) is 0. The van der Waals surface area contributed by atoms with Crippen molar-refractivity contribution in [3.63, 3.8) is 0 Å². The molecule has 0 aliphatic carbocycles. The van der Waals surface area contributed by atoms with Gasteiger partial charge in [-0.2, -0.15) is 0 Å². The maximum atomic E-state index is 13.1. The number of nitrogens with one attached hydrogen (secondary N) is 1. The van der Waals surface area contributed by atoms with Gasteiger partial charge >= 0.3 is 17.9 Å². The van der Waals surface area contributed by atoms with Crippen LogP contribution in [0.2, 0.25) is 0 Å². The summed E-state index contributed by atoms with van der Waals surface area (Å²) in [4.78, 5) is 137. The number of benzene rings is 4. The van der Waals surface area contributed by atoms with Crippen LogP contribution in [-0.2, 0) is 69.1 Å². The number of hydrogen-bond donors (Lipinski definition) is 8. The molecule has 3 heterocycles. The highest BCUT2D eigenvalue weighted by Gasteiger charge is 2.41. The van der Waals surface area contributed by atoms with Gasteiger partial charge < -0.3 is 58.8 Å². The molecule has 5 amide bonds. The van der Waals surface area contributed by atoms with E-state index in [4.69, 9.17) is 38.6 Å². The van der Waals surface area contributed by atoms with Gasteiger partial charge in [0.25, 0.3) is 11.8 Å². The molecule has 7 rings (SSSR count). The molecule has 3 aliphatic heterocycles. The van der Waals surface area contributed by atoms with Gasteiger partial charge in [0.1, 0.15) is 24.2 Å². The molecule has 4 aromatic carbocycles. The molecule has 24 heteroatoms. The summed E-state index contributed by atoms with van der Waals surface area (Å²) in [5.74, 6) is -6.58. The molecule has 4 atom stereocenters. The third kappa shape index (κ3) is 16.6. The quantitative estimate of drug-likeness (QED) is 0.0288. The number of aliphatic carboxylic acids is 2. The normalized spacial score (nSPS) is 16.0. The largest absolute Gasteiger partial charge is 0.480 e. The number of nitrogens with zero attached hydrogens (tertiary/aromatic N) is 5. The minimum Gasteiger partial charge on any atom is -0.480 e. The van der Waals surface area contributed by atoms with E-state index in [1.807, 2.05) is 48.5 Å². The molecular weight excluding hydrogens is 987 g/mol. The van der Waals surface area contributed by atoms with Gasteiger partial charge in [-0.25, -0.2) is 9.59 Å². The Labute approximate surface area is 435 Å². The van der Waals surface area contributed by atoms with Gasteiger partial charge in [0, 0.05) is 75.6 Å². The van der Waals surface area contributed by atoms with E-state index in [2.05, 4.69) is 15.3 Å². The number of hydrogen-bond acceptors (Lipinski definition) is 14. The first kappa shape index (κ1) is 57.6. The van der Waals surface area contributed by atoms with Crippen molar-refractivity contribution in [3.8, 4) is 0 Å². The lowest BCUT2D eigenvalue weighted by molar-refractivity contribution is -0.202. The van der Waals surface area contributed by atoms with E-state index in [1.54, 1.807) is 60.7 Å². The second kappa shape index (κ2) is 27.7. The van der Waals surface area contributed by atoms with E-state index in [9.17, 15) is 53.1 Å². The Bertz CT molecular complexity index is 2840. The number of aliphatic imine (C=N–C) groups is 2. The predicted molar refractivity (Wildman–Crippen MR) is 273 cm³/mol. The van der Waals surface area contributed by atoms with Gasteiger partial charge in [0.2, 0.25) is 17.7 Å². The maximum Gasteiger partial charge on any atom is 0.355 e. The molecule has 24 nitrogen and oxygen atoms in total. The highest BCUT2D eigenvalue weighted by atomic mass is 16.7. The van der Waals surface area contributed by atoms with Crippen LogP contribution in [0.4, 0.5) is 0 Å². The summed E-state index contributed by atoms with van der Waals surface area (Å²) in [6.45, 7) is -0.0711. The molecule has 76 heavy (non-hydrogen) atoms. The topological polar surface area (TPSA) is 397 Å². The minimum absolute atomic E-state index is 0.00241. The first-order valence-corrected chi connectivity index (χ1v) is 23.8. The van der Waals surface area contributed by atoms with Crippen LogP contribution >= 0.6 is 0 Å². The molecule has 0 saturated carbocycles. The second-order valence-corrected chi connectivity index (χ2v) is 17.5. The first-order valence-electron chi connectivity index (χ1n) is 23.8. The fourth-order valence-electron chi connectivity index (χ4n) is 8.02. The Morgan fingerprint density at radius 3 is 1.41 bits per heavy atom. The second-order valence-electron chi connectivity index (χ2n) is 17.5. The Hall–Kier alpha value is -9.32. The molecule has 13 N–H and O–H groups in total. The minimum atomic E-state index is -1.36. The van der Waals surface area contributed by atoms with Gasteiger partial charge in [0.05, 0.1) is 13.1 Å². The standard InChI is InChI=1S/C24H27N5O5.C24H22N2O6.C4H10N4O2/c25-24(26)27-13-18(23(33)34)28-22(32)19-12-16-8-4-5-9-17(16)14-29(19)21(31)11-10-20(30)15-6-2-1-3-7-15;27-20(16-6-2-1-3-7-16)10-11-21(28)25-15-18-9-5-4-8-17(18)14-19(25)24(31)32-26-22(29)12-13-23(26)30;5-2(3(9)10)1-8-4(6)7/h1-9,18-19H,10-14H2,(H,28,32)(H,33,34)(H4,25,26,27);1-9,19H,10-15H2;2H,1,5H2,(H,9,10)(H4,6,7,8)/t18-,19?;;2-/m0.0/s1. The maximum absolute atomic E-state index is 13.1. The molecule has 1 saturated heterocycles. The molecule has 1 fully saturated rings. The van der Waals surface area contributed by atoms with Crippen LogP contribution in [0, 0.1) is 0 Å². The lowest BCUT2D eigenvalue weighted by Crippen LogP contribution is -2.56. The van der Waals surface area contributed by atoms with Crippen molar-refractivity contribution >= 4 is 70.9 Å². The Kier molecular flexibility index (Phi) is 21.0. The van der Waals surface area contributed by atoms with E-state index < -0.39 is 59.8 Å². The highest BCUT2D eigenvalue weighted by molar-refractivity contribution is 6.02. The zero-order chi connectivity index (χ0) is 55.5. The third-order valence-electron chi connectivity index (χ3n) is 12.1. The van der Waals surface area contributed by atoms with Crippen LogP contribution in [0.3, 0.4) is 0 Å². The smallest absolute Gasteiger partial charge is 0.355 e. The number of guanidine groups is 2. The van der Waals surface area contributed by atoms with Crippen molar-refractivity contribution in [1.82, 2.24) is 20.2 Å². The van der Waals surface area contributed by atoms with Crippen LogP contribution in [0.15, 0.2) is 119 Å². The number of carbonyl (C=O) groups excluding carboxylic acids is 8. The lowest BCUT2D eigenvalue weighted by Gasteiger charge is -2.36. The van der Waals surface area contributed by atoms with E-state index in [0.717, 1.165) is 22.3 Å². The molecule has 3 aliphatic rings.